The Balaban J connectivity index is 1.23. The summed E-state index contributed by atoms with van der Waals surface area (Å²) in [5.41, 5.74) is 11.2. The number of pyridine rings is 2. The van der Waals surface area contributed by atoms with Crippen LogP contribution in [-0.2, 0) is 0 Å². The van der Waals surface area contributed by atoms with Crippen LogP contribution in [0.15, 0.2) is 160 Å². The second-order valence-electron chi connectivity index (χ2n) is 13.1. The largest absolute Gasteiger partial charge is 0.455 e. The lowest BCUT2D eigenvalue weighted by atomic mass is 9.95. The van der Waals surface area contributed by atoms with E-state index in [4.69, 9.17) is 14.4 Å². The van der Waals surface area contributed by atoms with Crippen LogP contribution in [0, 0.1) is 5.92 Å². The van der Waals surface area contributed by atoms with E-state index in [1.807, 2.05) is 36.7 Å². The van der Waals surface area contributed by atoms with Crippen molar-refractivity contribution in [1.82, 2.24) is 15.3 Å². The Labute approximate surface area is 291 Å². The van der Waals surface area contributed by atoms with E-state index in [0.29, 0.717) is 11.8 Å². The third-order valence-corrected chi connectivity index (χ3v) is 9.69. The van der Waals surface area contributed by atoms with Crippen LogP contribution < -0.4 is 5.32 Å². The summed E-state index contributed by atoms with van der Waals surface area (Å²) in [6.07, 6.45) is 23.7. The van der Waals surface area contributed by atoms with Gasteiger partial charge in [0, 0.05) is 63.4 Å². The summed E-state index contributed by atoms with van der Waals surface area (Å²) in [7, 11) is 0. The average Bonchev–Trinajstić information content (AvgIpc) is 3.58. The molecule has 3 aromatic carbocycles. The molecule has 0 fully saturated rings. The fourth-order valence-electron chi connectivity index (χ4n) is 7.03. The summed E-state index contributed by atoms with van der Waals surface area (Å²) in [6.45, 7) is 2.23. The van der Waals surface area contributed by atoms with Crippen molar-refractivity contribution in [3.05, 3.63) is 162 Å². The molecule has 0 spiro atoms. The van der Waals surface area contributed by atoms with E-state index >= 15 is 0 Å². The zero-order chi connectivity index (χ0) is 33.4. The fraction of sp³-hybridized carbons (Fsp3) is 0.136. The first-order chi connectivity index (χ1) is 24.7. The minimum Gasteiger partial charge on any atom is -0.455 e. The van der Waals surface area contributed by atoms with Gasteiger partial charge in [-0.25, -0.2) is 9.98 Å². The molecule has 0 amide bonds. The van der Waals surface area contributed by atoms with Crippen molar-refractivity contribution in [3.63, 3.8) is 0 Å². The number of nitrogens with one attached hydrogen (secondary N) is 1. The minimum absolute atomic E-state index is 0.318. The summed E-state index contributed by atoms with van der Waals surface area (Å²) in [5, 5.41) is 5.65. The predicted octanol–water partition coefficient (Wildman–Crippen LogP) is 10.4. The molecule has 3 aliphatic rings. The van der Waals surface area contributed by atoms with Gasteiger partial charge in [0.15, 0.2) is 5.84 Å². The Morgan fingerprint density at radius 2 is 1.58 bits per heavy atom. The van der Waals surface area contributed by atoms with Gasteiger partial charge in [-0.1, -0.05) is 91.9 Å². The van der Waals surface area contributed by atoms with Crippen LogP contribution in [0.2, 0.25) is 0 Å². The van der Waals surface area contributed by atoms with Gasteiger partial charge in [0.2, 0.25) is 0 Å². The predicted molar refractivity (Wildman–Crippen MR) is 204 cm³/mol. The standard InChI is InChI=1S/C44H35N5O/c1-28-14-16-31(17-15-28)42-47-43(32-20-18-30(19-21-32)29-8-3-2-4-9-29)49-44(48-42)36-12-5-13-39-40(36)38-25-35(33-10-6-22-45-26-33)24-37(41(38)50-39)34-11-7-23-46-27-34/h3,5-14,16-28,43H,2,4,15H2,1H3,(H,47,48,49). The number of hydrogen-bond donors (Lipinski definition) is 1. The molecule has 4 heterocycles. The van der Waals surface area contributed by atoms with Crippen molar-refractivity contribution in [2.24, 2.45) is 15.9 Å². The van der Waals surface area contributed by atoms with Crippen molar-refractivity contribution < 1.29 is 4.42 Å². The van der Waals surface area contributed by atoms with Crippen LogP contribution in [0.1, 0.15) is 49.0 Å². The summed E-state index contributed by atoms with van der Waals surface area (Å²) >= 11 is 0. The van der Waals surface area contributed by atoms with E-state index in [9.17, 15) is 0 Å². The van der Waals surface area contributed by atoms with Crippen molar-refractivity contribution >= 4 is 39.2 Å². The third-order valence-electron chi connectivity index (χ3n) is 9.69. The highest BCUT2D eigenvalue weighted by molar-refractivity contribution is 6.23. The van der Waals surface area contributed by atoms with E-state index in [1.165, 1.54) is 11.1 Å². The number of allylic oxidation sites excluding steroid dienone is 6. The summed E-state index contributed by atoms with van der Waals surface area (Å²) in [6, 6.07) is 27.4. The lowest BCUT2D eigenvalue weighted by Gasteiger charge is -2.25. The van der Waals surface area contributed by atoms with Crippen molar-refractivity contribution in [2.75, 3.05) is 0 Å². The Morgan fingerprint density at radius 3 is 2.32 bits per heavy atom. The number of hydrogen-bond acceptors (Lipinski definition) is 6. The molecule has 6 aromatic rings. The van der Waals surface area contributed by atoms with Crippen LogP contribution in [0.4, 0.5) is 0 Å². The molecule has 50 heavy (non-hydrogen) atoms. The molecule has 2 atom stereocenters. The van der Waals surface area contributed by atoms with Crippen LogP contribution >= 0.6 is 0 Å². The maximum atomic E-state index is 6.70. The lowest BCUT2D eigenvalue weighted by Crippen LogP contribution is -2.34. The van der Waals surface area contributed by atoms with Gasteiger partial charge in [0.05, 0.1) is 0 Å². The van der Waals surface area contributed by atoms with Gasteiger partial charge in [0.1, 0.15) is 23.2 Å². The molecular formula is C44H35N5O. The molecule has 0 saturated carbocycles. The van der Waals surface area contributed by atoms with Crippen molar-refractivity contribution in [1.29, 1.82) is 0 Å². The maximum absolute atomic E-state index is 6.70. The first-order valence-corrected chi connectivity index (χ1v) is 17.3. The molecule has 1 N–H and O–H groups in total. The molecule has 2 unspecified atom stereocenters. The van der Waals surface area contributed by atoms with E-state index < -0.39 is 0 Å². The van der Waals surface area contributed by atoms with E-state index in [-0.39, 0.29) is 6.17 Å². The summed E-state index contributed by atoms with van der Waals surface area (Å²) < 4.78 is 6.70. The van der Waals surface area contributed by atoms with E-state index in [1.54, 1.807) is 12.4 Å². The van der Waals surface area contributed by atoms with Crippen LogP contribution in [0.25, 0.3) is 49.8 Å². The zero-order valence-corrected chi connectivity index (χ0v) is 27.8. The molecule has 0 radical (unpaired) electrons. The topological polar surface area (TPSA) is 75.7 Å². The molecule has 3 aromatic heterocycles. The van der Waals surface area contributed by atoms with Gasteiger partial charge < -0.3 is 9.73 Å². The number of rotatable bonds is 6. The van der Waals surface area contributed by atoms with E-state index in [0.717, 1.165) is 86.0 Å². The van der Waals surface area contributed by atoms with Gasteiger partial charge >= 0.3 is 0 Å². The quantitative estimate of drug-likeness (QED) is 0.195. The number of furan rings is 1. The maximum Gasteiger partial charge on any atom is 0.160 e. The smallest absolute Gasteiger partial charge is 0.160 e. The van der Waals surface area contributed by atoms with Crippen molar-refractivity contribution in [3.8, 4) is 22.3 Å². The molecule has 242 valence electrons. The normalized spacial score (nSPS) is 18.7. The first kappa shape index (κ1) is 30.0. The third kappa shape index (κ3) is 5.59. The molecule has 0 saturated heterocycles. The van der Waals surface area contributed by atoms with Gasteiger partial charge in [0.25, 0.3) is 0 Å². The highest BCUT2D eigenvalue weighted by Gasteiger charge is 2.25. The van der Waals surface area contributed by atoms with Crippen LogP contribution in [0.3, 0.4) is 0 Å². The lowest BCUT2D eigenvalue weighted by molar-refractivity contribution is 0.668. The fourth-order valence-corrected chi connectivity index (χ4v) is 7.03. The molecule has 9 rings (SSSR count). The average molecular weight is 650 g/mol. The highest BCUT2D eigenvalue weighted by atomic mass is 16.3. The monoisotopic (exact) mass is 649 g/mol. The second-order valence-corrected chi connectivity index (χ2v) is 13.1. The molecule has 6 heteroatoms. The van der Waals surface area contributed by atoms with Gasteiger partial charge in [-0.05, 0) is 77.8 Å². The SMILES string of the molecule is CC1C=CC(C2=NC(c3cccc4oc5c(-c6cccnc6)cc(-c6cccnc6)cc5c34)=NC(c3ccc(C4=CCCC=C4)cc3)N2)=CC1. The van der Waals surface area contributed by atoms with Crippen LogP contribution in [-0.4, -0.2) is 21.6 Å². The number of aromatic nitrogens is 2. The summed E-state index contributed by atoms with van der Waals surface area (Å²) in [5.74, 6) is 1.99. The number of amidine groups is 2. The molecular weight excluding hydrogens is 615 g/mol. The minimum atomic E-state index is -0.318. The number of benzene rings is 3. The Kier molecular flexibility index (Phi) is 7.62. The highest BCUT2D eigenvalue weighted by Crippen LogP contribution is 2.41. The Morgan fingerprint density at radius 1 is 0.740 bits per heavy atom. The Bertz CT molecular complexity index is 2430. The molecule has 2 aliphatic carbocycles. The number of fused-ring (bicyclic) bond motifs is 3. The van der Waals surface area contributed by atoms with Crippen LogP contribution in [0.5, 0.6) is 0 Å². The zero-order valence-electron chi connectivity index (χ0n) is 27.8. The summed E-state index contributed by atoms with van der Waals surface area (Å²) in [4.78, 5) is 19.4. The second kappa shape index (κ2) is 12.7. The van der Waals surface area contributed by atoms with E-state index in [2.05, 4.69) is 113 Å². The number of nitrogens with zero attached hydrogens (tertiary/aromatic N) is 4. The van der Waals surface area contributed by atoms with Gasteiger partial charge in [-0.15, -0.1) is 0 Å². The molecule has 0 bridgehead atoms. The molecule has 6 nitrogen and oxygen atoms in total. The molecule has 1 aliphatic heterocycles. The van der Waals surface area contributed by atoms with Gasteiger partial charge in [-0.3, -0.25) is 9.97 Å². The number of aliphatic imine (C=N–C) groups is 2. The van der Waals surface area contributed by atoms with Gasteiger partial charge in [-0.2, -0.15) is 0 Å². The first-order valence-electron chi connectivity index (χ1n) is 17.3. The Hall–Kier alpha value is -6.14. The van der Waals surface area contributed by atoms with Crippen molar-refractivity contribution in [2.45, 2.75) is 32.4 Å².